The van der Waals surface area contributed by atoms with Gasteiger partial charge in [0.15, 0.2) is 17.5 Å². The summed E-state index contributed by atoms with van der Waals surface area (Å²) < 4.78 is 12.5. The van der Waals surface area contributed by atoms with Crippen LogP contribution in [0.1, 0.15) is 11.1 Å². The lowest BCUT2D eigenvalue weighted by Gasteiger charge is -2.10. The number of hydrogen-bond acceptors (Lipinski definition) is 3. The van der Waals surface area contributed by atoms with Crippen LogP contribution in [0.4, 0.5) is 0 Å². The van der Waals surface area contributed by atoms with Gasteiger partial charge in [0.2, 0.25) is 0 Å². The van der Waals surface area contributed by atoms with E-state index in [-0.39, 0.29) is 0 Å². The van der Waals surface area contributed by atoms with Gasteiger partial charge in [-0.05, 0) is 29.3 Å². The zero-order valence-corrected chi connectivity index (χ0v) is 13.2. The Kier molecular flexibility index (Phi) is 5.30. The van der Waals surface area contributed by atoms with Gasteiger partial charge in [0.1, 0.15) is 0 Å². The topological polar surface area (TPSA) is 73.8 Å². The highest BCUT2D eigenvalue weighted by atomic mass is 16.5. The Morgan fingerprint density at radius 3 is 2.59 bits per heavy atom. The Balaban J connectivity index is 1.91. The van der Waals surface area contributed by atoms with E-state index in [1.807, 2.05) is 48.3 Å². The Bertz CT molecular complexity index is 649. The van der Waals surface area contributed by atoms with Crippen LogP contribution >= 0.6 is 0 Å². The molecular formula is C16H22N4O2. The molecule has 0 saturated carbocycles. The molecule has 0 fully saturated rings. The molecule has 2 aromatic rings. The van der Waals surface area contributed by atoms with E-state index in [2.05, 4.69) is 10.3 Å². The molecule has 0 aliphatic heterocycles. The fourth-order valence-electron chi connectivity index (χ4n) is 2.07. The first-order valence-corrected chi connectivity index (χ1v) is 6.98. The van der Waals surface area contributed by atoms with Crippen molar-refractivity contribution >= 4 is 5.96 Å². The van der Waals surface area contributed by atoms with Crippen LogP contribution in [0.3, 0.4) is 0 Å². The van der Waals surface area contributed by atoms with Crippen LogP contribution in [-0.4, -0.2) is 24.7 Å². The van der Waals surface area contributed by atoms with Gasteiger partial charge in [-0.15, -0.1) is 0 Å². The monoisotopic (exact) mass is 302 g/mol. The summed E-state index contributed by atoms with van der Waals surface area (Å²) in [5.41, 5.74) is 8.04. The van der Waals surface area contributed by atoms with Crippen LogP contribution in [0, 0.1) is 0 Å². The van der Waals surface area contributed by atoms with Crippen molar-refractivity contribution in [3.63, 3.8) is 0 Å². The first-order valence-electron chi connectivity index (χ1n) is 6.98. The van der Waals surface area contributed by atoms with Crippen molar-refractivity contribution in [1.82, 2.24) is 9.88 Å². The number of aliphatic imine (C=N–C) groups is 1. The molecule has 0 unspecified atom stereocenters. The van der Waals surface area contributed by atoms with Crippen LogP contribution in [0.2, 0.25) is 0 Å². The number of nitrogens with one attached hydrogen (secondary N) is 1. The molecule has 0 atom stereocenters. The van der Waals surface area contributed by atoms with Crippen LogP contribution < -0.4 is 20.5 Å². The highest BCUT2D eigenvalue weighted by molar-refractivity contribution is 5.77. The van der Waals surface area contributed by atoms with E-state index >= 15 is 0 Å². The Morgan fingerprint density at radius 1 is 1.18 bits per heavy atom. The van der Waals surface area contributed by atoms with E-state index in [0.717, 1.165) is 11.1 Å². The summed E-state index contributed by atoms with van der Waals surface area (Å²) in [6, 6.07) is 7.76. The van der Waals surface area contributed by atoms with Crippen molar-refractivity contribution in [3.8, 4) is 11.5 Å². The molecule has 0 aliphatic carbocycles. The van der Waals surface area contributed by atoms with Crippen molar-refractivity contribution in [2.24, 2.45) is 17.8 Å². The molecule has 0 spiro atoms. The smallest absolute Gasteiger partial charge is 0.189 e. The molecule has 118 valence electrons. The zero-order valence-electron chi connectivity index (χ0n) is 13.2. The summed E-state index contributed by atoms with van der Waals surface area (Å²) in [5, 5.41) is 3.09. The fraction of sp³-hybridized carbons (Fsp3) is 0.312. The summed E-state index contributed by atoms with van der Waals surface area (Å²) in [7, 11) is 5.21. The molecule has 22 heavy (non-hydrogen) atoms. The van der Waals surface area contributed by atoms with Gasteiger partial charge in [-0.1, -0.05) is 6.07 Å². The number of ether oxygens (including phenoxy) is 2. The van der Waals surface area contributed by atoms with Gasteiger partial charge in [0, 0.05) is 26.0 Å². The minimum Gasteiger partial charge on any atom is -0.493 e. The minimum absolute atomic E-state index is 0.415. The van der Waals surface area contributed by atoms with E-state index < -0.39 is 0 Å². The molecule has 1 aromatic heterocycles. The number of guanidine groups is 1. The third-order valence-corrected chi connectivity index (χ3v) is 3.25. The second-order valence-corrected chi connectivity index (χ2v) is 4.93. The van der Waals surface area contributed by atoms with E-state index in [9.17, 15) is 0 Å². The molecule has 1 heterocycles. The van der Waals surface area contributed by atoms with Gasteiger partial charge < -0.3 is 25.1 Å². The SMILES string of the molecule is COc1ccc(CNC(N)=NCc2ccn(C)c2)cc1OC. The lowest BCUT2D eigenvalue weighted by atomic mass is 10.2. The average molecular weight is 302 g/mol. The normalized spacial score (nSPS) is 11.3. The molecular weight excluding hydrogens is 280 g/mol. The largest absolute Gasteiger partial charge is 0.493 e. The molecule has 0 bridgehead atoms. The van der Waals surface area contributed by atoms with Gasteiger partial charge in [-0.3, -0.25) is 0 Å². The van der Waals surface area contributed by atoms with E-state index in [1.54, 1.807) is 14.2 Å². The number of rotatable bonds is 6. The molecule has 0 aliphatic rings. The Labute approximate surface area is 130 Å². The van der Waals surface area contributed by atoms with Gasteiger partial charge >= 0.3 is 0 Å². The number of hydrogen-bond donors (Lipinski definition) is 2. The minimum atomic E-state index is 0.415. The standard InChI is InChI=1S/C16H22N4O2/c1-20-7-6-13(11-20)10-19-16(17)18-9-12-4-5-14(21-2)15(8-12)22-3/h4-8,11H,9-10H2,1-3H3,(H3,17,18,19). The zero-order chi connectivity index (χ0) is 15.9. The first-order chi connectivity index (χ1) is 10.6. The number of nitrogens with zero attached hydrogens (tertiary/aromatic N) is 2. The molecule has 0 radical (unpaired) electrons. The summed E-state index contributed by atoms with van der Waals surface area (Å²) in [5.74, 6) is 1.82. The molecule has 0 amide bonds. The molecule has 3 N–H and O–H groups in total. The molecule has 6 nitrogen and oxygen atoms in total. The van der Waals surface area contributed by atoms with Crippen molar-refractivity contribution in [3.05, 3.63) is 47.8 Å². The number of methoxy groups -OCH3 is 2. The van der Waals surface area contributed by atoms with Gasteiger partial charge in [-0.25, -0.2) is 4.99 Å². The summed E-state index contributed by atoms with van der Waals surface area (Å²) in [6.45, 7) is 1.14. The lowest BCUT2D eigenvalue weighted by molar-refractivity contribution is 0.354. The first kappa shape index (κ1) is 15.8. The highest BCUT2D eigenvalue weighted by Gasteiger charge is 2.04. The number of nitrogens with two attached hydrogens (primary N) is 1. The van der Waals surface area contributed by atoms with E-state index in [4.69, 9.17) is 15.2 Å². The van der Waals surface area contributed by atoms with Crippen molar-refractivity contribution < 1.29 is 9.47 Å². The van der Waals surface area contributed by atoms with Crippen LogP contribution in [-0.2, 0) is 20.1 Å². The predicted molar refractivity (Wildman–Crippen MR) is 87.1 cm³/mol. The van der Waals surface area contributed by atoms with Crippen LogP contribution in [0.15, 0.2) is 41.7 Å². The van der Waals surface area contributed by atoms with E-state index in [1.165, 1.54) is 0 Å². The lowest BCUT2D eigenvalue weighted by Crippen LogP contribution is -2.31. The van der Waals surface area contributed by atoms with Crippen LogP contribution in [0.5, 0.6) is 11.5 Å². The summed E-state index contributed by atoms with van der Waals surface area (Å²) >= 11 is 0. The van der Waals surface area contributed by atoms with Crippen LogP contribution in [0.25, 0.3) is 0 Å². The number of benzene rings is 1. The highest BCUT2D eigenvalue weighted by Crippen LogP contribution is 2.27. The Hall–Kier alpha value is -2.63. The van der Waals surface area contributed by atoms with Crippen molar-refractivity contribution in [1.29, 1.82) is 0 Å². The van der Waals surface area contributed by atoms with Gasteiger partial charge in [0.05, 0.1) is 20.8 Å². The fourth-order valence-corrected chi connectivity index (χ4v) is 2.07. The van der Waals surface area contributed by atoms with E-state index in [0.29, 0.717) is 30.5 Å². The molecule has 0 saturated heterocycles. The quantitative estimate of drug-likeness (QED) is 0.628. The van der Waals surface area contributed by atoms with Crippen molar-refractivity contribution in [2.75, 3.05) is 14.2 Å². The van der Waals surface area contributed by atoms with Gasteiger partial charge in [0.25, 0.3) is 0 Å². The maximum Gasteiger partial charge on any atom is 0.189 e. The van der Waals surface area contributed by atoms with Crippen molar-refractivity contribution in [2.45, 2.75) is 13.1 Å². The third-order valence-electron chi connectivity index (χ3n) is 3.25. The predicted octanol–water partition coefficient (Wildman–Crippen LogP) is 1.65. The second kappa shape index (κ2) is 7.40. The van der Waals surface area contributed by atoms with Gasteiger partial charge in [-0.2, -0.15) is 0 Å². The molecule has 2 rings (SSSR count). The maximum absolute atomic E-state index is 5.88. The number of aromatic nitrogens is 1. The summed E-state index contributed by atoms with van der Waals surface area (Å²) in [6.07, 6.45) is 4.00. The Morgan fingerprint density at radius 2 is 1.95 bits per heavy atom. The molecule has 1 aromatic carbocycles. The maximum atomic E-state index is 5.88. The molecule has 6 heteroatoms. The number of aryl methyl sites for hydroxylation is 1. The second-order valence-electron chi connectivity index (χ2n) is 4.93. The summed E-state index contributed by atoms with van der Waals surface area (Å²) in [4.78, 5) is 4.31. The third kappa shape index (κ3) is 4.18. The average Bonchev–Trinajstić information content (AvgIpc) is 2.96.